The Morgan fingerprint density at radius 2 is 1.94 bits per heavy atom. The van der Waals surface area contributed by atoms with Crippen molar-refractivity contribution in [2.45, 2.75) is 117 Å². The molecule has 2 fully saturated rings. The lowest BCUT2D eigenvalue weighted by atomic mass is 9.71. The van der Waals surface area contributed by atoms with Crippen molar-refractivity contribution >= 4 is 29.2 Å². The van der Waals surface area contributed by atoms with Gasteiger partial charge in [-0.3, -0.25) is 9.59 Å². The summed E-state index contributed by atoms with van der Waals surface area (Å²) in [5.74, 6) is -1.45. The van der Waals surface area contributed by atoms with Gasteiger partial charge in [0.05, 0.1) is 46.5 Å². The van der Waals surface area contributed by atoms with Crippen molar-refractivity contribution in [3.05, 3.63) is 21.7 Å². The summed E-state index contributed by atoms with van der Waals surface area (Å²) < 4.78 is 12.0. The number of rotatable bonds is 3. The number of aliphatic hydroxyl groups is 2. The molecule has 0 unspecified atom stereocenters. The third-order valence-electron chi connectivity index (χ3n) is 8.15. The lowest BCUT2D eigenvalue weighted by Gasteiger charge is -2.35. The molecule has 1 aromatic heterocycles. The lowest BCUT2D eigenvalue weighted by molar-refractivity contribution is -0.155. The number of hydrogen-bond donors (Lipinski definition) is 2. The van der Waals surface area contributed by atoms with E-state index in [1.807, 2.05) is 46.1 Å². The van der Waals surface area contributed by atoms with Crippen LogP contribution in [0.3, 0.4) is 0 Å². The number of carbonyl (C=O) groups excluding carboxylic acids is 2. The molecular weight excluding hydrogens is 478 g/mol. The summed E-state index contributed by atoms with van der Waals surface area (Å²) in [5.41, 5.74) is 0.0723. The first kappa shape index (κ1) is 29.0. The number of nitrogens with zero attached hydrogens (tertiary/aromatic N) is 1. The van der Waals surface area contributed by atoms with Crippen molar-refractivity contribution in [1.82, 2.24) is 4.98 Å². The number of cyclic esters (lactones) is 1. The Kier molecular flexibility index (Phi) is 9.18. The summed E-state index contributed by atoms with van der Waals surface area (Å²) in [4.78, 5) is 31.0. The normalized spacial score (nSPS) is 36.8. The number of aliphatic hydroxyl groups excluding tert-OH is 2. The number of ether oxygens (including phenoxy) is 2. The van der Waals surface area contributed by atoms with Crippen LogP contribution in [0.1, 0.15) is 90.8 Å². The molecule has 7 nitrogen and oxygen atoms in total. The fourth-order valence-corrected chi connectivity index (χ4v) is 5.88. The highest BCUT2D eigenvalue weighted by molar-refractivity contribution is 7.09. The van der Waals surface area contributed by atoms with E-state index in [2.05, 4.69) is 4.98 Å². The second kappa shape index (κ2) is 11.4. The summed E-state index contributed by atoms with van der Waals surface area (Å²) >= 11 is 1.56. The first-order valence-electron chi connectivity index (χ1n) is 13.2. The molecule has 202 valence electrons. The zero-order valence-corrected chi connectivity index (χ0v) is 23.6. The van der Waals surface area contributed by atoms with Gasteiger partial charge in [-0.05, 0) is 57.6 Å². The van der Waals surface area contributed by atoms with Crippen molar-refractivity contribution in [2.24, 2.45) is 17.3 Å². The predicted octanol–water partition coefficient (Wildman–Crippen LogP) is 4.87. The van der Waals surface area contributed by atoms with Gasteiger partial charge in [0, 0.05) is 17.7 Å². The van der Waals surface area contributed by atoms with Gasteiger partial charge in [-0.15, -0.1) is 11.3 Å². The second-order valence-electron chi connectivity index (χ2n) is 11.5. The van der Waals surface area contributed by atoms with Crippen LogP contribution < -0.4 is 0 Å². The smallest absolute Gasteiger partial charge is 0.309 e. The Balaban J connectivity index is 1.88. The quantitative estimate of drug-likeness (QED) is 0.431. The number of ketones is 1. The number of carbonyl (C=O) groups is 2. The Labute approximate surface area is 219 Å². The molecule has 8 heteroatoms. The maximum Gasteiger partial charge on any atom is 0.309 e. The molecule has 2 aliphatic heterocycles. The van der Waals surface area contributed by atoms with Crippen LogP contribution in [0.5, 0.6) is 0 Å². The van der Waals surface area contributed by atoms with Crippen LogP contribution in [-0.2, 0) is 19.1 Å². The summed E-state index contributed by atoms with van der Waals surface area (Å²) in [6.07, 6.45) is 2.59. The summed E-state index contributed by atoms with van der Waals surface area (Å²) in [5, 5.41) is 24.9. The molecule has 0 saturated carbocycles. The van der Waals surface area contributed by atoms with Crippen molar-refractivity contribution < 1.29 is 29.3 Å². The zero-order valence-electron chi connectivity index (χ0n) is 22.7. The molecule has 3 heterocycles. The zero-order chi connectivity index (χ0) is 26.8. The number of esters is 1. The molecule has 0 spiro atoms. The molecule has 0 aliphatic carbocycles. The molecule has 3 rings (SSSR count). The van der Waals surface area contributed by atoms with Gasteiger partial charge in [0.1, 0.15) is 11.9 Å². The van der Waals surface area contributed by atoms with Crippen molar-refractivity contribution in [1.29, 1.82) is 0 Å². The van der Waals surface area contributed by atoms with Crippen LogP contribution >= 0.6 is 11.3 Å². The molecule has 0 radical (unpaired) electrons. The Morgan fingerprint density at radius 1 is 1.25 bits per heavy atom. The average molecular weight is 522 g/mol. The number of aromatic nitrogens is 1. The fourth-order valence-electron chi connectivity index (χ4n) is 5.31. The molecule has 0 amide bonds. The minimum Gasteiger partial charge on any atom is -0.458 e. The fraction of sp³-hybridized carbons (Fsp3) is 0.750. The highest BCUT2D eigenvalue weighted by atomic mass is 32.1. The maximum atomic E-state index is 13.4. The molecule has 7 atom stereocenters. The SMILES string of the molecule is CC[C@H]1C(=O)C(C)(C)[C@@H](O)CC(=O)O[C@H](C(C)=Cc2csc(C)n2)C[C@@]2(C)O[C@H]2CCC[C@H](C)[C@@H]1O. The molecule has 0 aromatic carbocycles. The standard InChI is InChI=1S/C28H43NO6S/c1-8-20-25(32)16(2)10-9-11-23-28(7,35-23)14-21(17(3)12-19-15-36-18(4)29-19)34-24(31)13-22(30)27(5,6)26(20)33/h12,15-16,20-23,25,30,32H,8-11,13-14H2,1-7H3/t16-,20+,21-,22-,23-,25-,28+/m0/s1. The highest BCUT2D eigenvalue weighted by Gasteiger charge is 2.53. The number of Topliss-reactive ketones (excluding diaryl/α,β-unsaturated/α-hetero) is 1. The minimum absolute atomic E-state index is 0.0541. The number of fused-ring (bicyclic) bond motifs is 1. The Bertz CT molecular complexity index is 971. The second-order valence-corrected chi connectivity index (χ2v) is 12.6. The van der Waals surface area contributed by atoms with Gasteiger partial charge in [0.15, 0.2) is 0 Å². The summed E-state index contributed by atoms with van der Waals surface area (Å²) in [6.45, 7) is 13.1. The van der Waals surface area contributed by atoms with Gasteiger partial charge in [0.2, 0.25) is 0 Å². The van der Waals surface area contributed by atoms with E-state index >= 15 is 0 Å². The monoisotopic (exact) mass is 521 g/mol. The Morgan fingerprint density at radius 3 is 2.56 bits per heavy atom. The summed E-state index contributed by atoms with van der Waals surface area (Å²) in [7, 11) is 0. The molecule has 1 aromatic rings. The molecular formula is C28H43NO6S. The molecule has 0 bridgehead atoms. The van der Waals surface area contributed by atoms with Crippen LogP contribution in [0.2, 0.25) is 0 Å². The van der Waals surface area contributed by atoms with E-state index in [4.69, 9.17) is 9.47 Å². The van der Waals surface area contributed by atoms with Crippen molar-refractivity contribution in [3.63, 3.8) is 0 Å². The largest absolute Gasteiger partial charge is 0.458 e. The van der Waals surface area contributed by atoms with E-state index in [9.17, 15) is 19.8 Å². The minimum atomic E-state index is -1.23. The molecule has 2 N–H and O–H groups in total. The van der Waals surface area contributed by atoms with Gasteiger partial charge < -0.3 is 19.7 Å². The first-order chi connectivity index (χ1) is 16.8. The molecule has 2 saturated heterocycles. The topological polar surface area (TPSA) is 109 Å². The lowest BCUT2D eigenvalue weighted by Crippen LogP contribution is -2.46. The third kappa shape index (κ3) is 6.63. The van der Waals surface area contributed by atoms with Crippen LogP contribution in [0, 0.1) is 24.2 Å². The number of thiazole rings is 1. The molecule has 2 aliphatic rings. The van der Waals surface area contributed by atoms with Crippen LogP contribution in [0.25, 0.3) is 6.08 Å². The summed E-state index contributed by atoms with van der Waals surface area (Å²) in [6, 6.07) is 0. The van der Waals surface area contributed by atoms with Crippen molar-refractivity contribution in [2.75, 3.05) is 0 Å². The highest BCUT2D eigenvalue weighted by Crippen LogP contribution is 2.45. The average Bonchev–Trinajstić information content (AvgIpc) is 3.24. The predicted molar refractivity (Wildman–Crippen MR) is 140 cm³/mol. The van der Waals surface area contributed by atoms with E-state index in [-0.39, 0.29) is 24.2 Å². The van der Waals surface area contributed by atoms with Crippen molar-refractivity contribution in [3.8, 4) is 0 Å². The van der Waals surface area contributed by atoms with Gasteiger partial charge in [-0.1, -0.05) is 34.1 Å². The van der Waals surface area contributed by atoms with E-state index in [0.29, 0.717) is 12.8 Å². The molecule has 36 heavy (non-hydrogen) atoms. The Hall–Kier alpha value is -1.61. The van der Waals surface area contributed by atoms with Gasteiger partial charge >= 0.3 is 5.97 Å². The van der Waals surface area contributed by atoms with Gasteiger partial charge in [-0.2, -0.15) is 0 Å². The maximum absolute atomic E-state index is 13.4. The first-order valence-corrected chi connectivity index (χ1v) is 14.0. The van der Waals surface area contributed by atoms with Gasteiger partial charge in [-0.25, -0.2) is 4.98 Å². The van der Waals surface area contributed by atoms with Gasteiger partial charge in [0.25, 0.3) is 0 Å². The van der Waals surface area contributed by atoms with E-state index in [1.54, 1.807) is 25.2 Å². The number of aryl methyl sites for hydroxylation is 1. The van der Waals surface area contributed by atoms with Crippen LogP contribution in [0.4, 0.5) is 0 Å². The number of hydrogen-bond acceptors (Lipinski definition) is 8. The van der Waals surface area contributed by atoms with Crippen LogP contribution in [0.15, 0.2) is 11.0 Å². The van der Waals surface area contributed by atoms with E-state index in [1.165, 1.54) is 0 Å². The number of epoxide rings is 1. The third-order valence-corrected chi connectivity index (χ3v) is 8.94. The van der Waals surface area contributed by atoms with E-state index < -0.39 is 41.2 Å². The van der Waals surface area contributed by atoms with Crippen LogP contribution in [-0.4, -0.2) is 57.0 Å². The van der Waals surface area contributed by atoms with E-state index in [0.717, 1.165) is 35.5 Å².